The third kappa shape index (κ3) is 7.22. The van der Waals surface area contributed by atoms with Gasteiger partial charge >= 0.3 is 0 Å². The summed E-state index contributed by atoms with van der Waals surface area (Å²) in [7, 11) is 0. The van der Waals surface area contributed by atoms with Gasteiger partial charge in [0.2, 0.25) is 11.8 Å². The highest BCUT2D eigenvalue weighted by molar-refractivity contribution is 6.35. The number of carbonyl (C=O) groups is 2. The molecular formula is C27H34Cl2N2O2. The van der Waals surface area contributed by atoms with E-state index in [1.807, 2.05) is 39.0 Å². The van der Waals surface area contributed by atoms with Gasteiger partial charge in [0.25, 0.3) is 0 Å². The lowest BCUT2D eigenvalue weighted by Gasteiger charge is -2.33. The van der Waals surface area contributed by atoms with Crippen LogP contribution >= 0.6 is 23.2 Å². The number of nitrogens with zero attached hydrogens (tertiary/aromatic N) is 1. The number of carbonyl (C=O) groups excluding carboxylic acids is 2. The second-order valence-corrected chi connectivity index (χ2v) is 10.0. The molecule has 178 valence electrons. The molecule has 0 aromatic heterocycles. The fraction of sp³-hybridized carbons (Fsp3) is 0.481. The summed E-state index contributed by atoms with van der Waals surface area (Å²) in [5.41, 5.74) is 3.96. The van der Waals surface area contributed by atoms with Crippen LogP contribution < -0.4 is 5.32 Å². The van der Waals surface area contributed by atoms with E-state index in [-0.39, 0.29) is 30.8 Å². The highest BCUT2D eigenvalue weighted by Crippen LogP contribution is 2.25. The van der Waals surface area contributed by atoms with Crippen molar-refractivity contribution in [1.29, 1.82) is 0 Å². The Bertz CT molecular complexity index is 966. The van der Waals surface area contributed by atoms with Crippen LogP contribution in [0, 0.1) is 13.8 Å². The van der Waals surface area contributed by atoms with E-state index in [1.165, 1.54) is 6.42 Å². The molecule has 2 aromatic carbocycles. The molecule has 2 amide bonds. The zero-order valence-electron chi connectivity index (χ0n) is 19.8. The van der Waals surface area contributed by atoms with Crippen molar-refractivity contribution in [3.05, 3.63) is 68.7 Å². The fourth-order valence-corrected chi connectivity index (χ4v) is 5.21. The van der Waals surface area contributed by atoms with Gasteiger partial charge in [-0.25, -0.2) is 0 Å². The molecule has 0 unspecified atom stereocenters. The van der Waals surface area contributed by atoms with Crippen molar-refractivity contribution in [3.63, 3.8) is 0 Å². The molecule has 0 saturated heterocycles. The zero-order valence-corrected chi connectivity index (χ0v) is 21.3. The molecule has 4 nitrogen and oxygen atoms in total. The SMILES string of the molecule is CC[C@@H](C(=O)NC1CCCCC1)N(Cc1ccc(Cl)cc1Cl)C(=O)Cc1cc(C)cc(C)c1. The lowest BCUT2D eigenvalue weighted by atomic mass is 9.95. The van der Waals surface area contributed by atoms with E-state index < -0.39 is 6.04 Å². The molecule has 1 saturated carbocycles. The minimum Gasteiger partial charge on any atom is -0.352 e. The van der Waals surface area contributed by atoms with E-state index >= 15 is 0 Å². The van der Waals surface area contributed by atoms with Gasteiger partial charge in [0.05, 0.1) is 6.42 Å². The molecule has 0 aliphatic heterocycles. The van der Waals surface area contributed by atoms with Gasteiger partial charge in [0, 0.05) is 22.6 Å². The zero-order chi connectivity index (χ0) is 24.0. The van der Waals surface area contributed by atoms with E-state index in [1.54, 1.807) is 17.0 Å². The maximum atomic E-state index is 13.6. The summed E-state index contributed by atoms with van der Waals surface area (Å²) in [5, 5.41) is 4.25. The summed E-state index contributed by atoms with van der Waals surface area (Å²) in [6.45, 7) is 6.26. The predicted molar refractivity (Wildman–Crippen MR) is 136 cm³/mol. The maximum absolute atomic E-state index is 13.6. The van der Waals surface area contributed by atoms with Gasteiger partial charge in [-0.15, -0.1) is 0 Å². The highest BCUT2D eigenvalue weighted by Gasteiger charge is 2.30. The Morgan fingerprint density at radius 3 is 2.30 bits per heavy atom. The molecule has 1 aliphatic carbocycles. The second-order valence-electron chi connectivity index (χ2n) is 9.20. The Kier molecular flexibility index (Phi) is 9.22. The standard InChI is InChI=1S/C27H34Cl2N2O2/c1-4-25(27(33)30-23-8-6-5-7-9-23)31(17-21-10-11-22(28)16-24(21)29)26(32)15-20-13-18(2)12-19(3)14-20/h10-14,16,23,25H,4-9,15,17H2,1-3H3,(H,30,33)/t25-/m0/s1. The normalized spacial score (nSPS) is 15.2. The van der Waals surface area contributed by atoms with Gasteiger partial charge in [0.15, 0.2) is 0 Å². The van der Waals surface area contributed by atoms with Gasteiger partial charge in [-0.1, -0.05) is 84.8 Å². The van der Waals surface area contributed by atoms with Crippen LogP contribution in [0.15, 0.2) is 36.4 Å². The minimum atomic E-state index is -0.558. The Labute approximate surface area is 207 Å². The van der Waals surface area contributed by atoms with E-state index in [4.69, 9.17) is 23.2 Å². The van der Waals surface area contributed by atoms with E-state index in [0.717, 1.165) is 47.9 Å². The minimum absolute atomic E-state index is 0.0803. The van der Waals surface area contributed by atoms with Crippen LogP contribution in [-0.4, -0.2) is 28.8 Å². The Morgan fingerprint density at radius 2 is 1.70 bits per heavy atom. The monoisotopic (exact) mass is 488 g/mol. The molecule has 1 fully saturated rings. The molecule has 1 atom stereocenters. The molecule has 0 radical (unpaired) electrons. The predicted octanol–water partition coefficient (Wildman–Crippen LogP) is 6.41. The second kappa shape index (κ2) is 11.9. The fourth-order valence-electron chi connectivity index (χ4n) is 4.74. The van der Waals surface area contributed by atoms with Crippen LogP contribution in [0.25, 0.3) is 0 Å². The van der Waals surface area contributed by atoms with Gasteiger partial charge in [-0.2, -0.15) is 0 Å². The average Bonchev–Trinajstić information content (AvgIpc) is 2.75. The largest absolute Gasteiger partial charge is 0.352 e. The van der Waals surface area contributed by atoms with Crippen LogP contribution in [0.4, 0.5) is 0 Å². The number of aryl methyl sites for hydroxylation is 2. The number of benzene rings is 2. The van der Waals surface area contributed by atoms with Gasteiger partial charge in [0.1, 0.15) is 6.04 Å². The Morgan fingerprint density at radius 1 is 1.03 bits per heavy atom. The van der Waals surface area contributed by atoms with Crippen LogP contribution in [0.1, 0.15) is 67.7 Å². The maximum Gasteiger partial charge on any atom is 0.243 e. The van der Waals surface area contributed by atoms with E-state index in [0.29, 0.717) is 16.5 Å². The van der Waals surface area contributed by atoms with Crippen LogP contribution in [0.3, 0.4) is 0 Å². The smallest absolute Gasteiger partial charge is 0.243 e. The van der Waals surface area contributed by atoms with Crippen LogP contribution in [-0.2, 0) is 22.6 Å². The van der Waals surface area contributed by atoms with Gasteiger partial charge in [-0.3, -0.25) is 9.59 Å². The molecule has 33 heavy (non-hydrogen) atoms. The topological polar surface area (TPSA) is 49.4 Å². The van der Waals surface area contributed by atoms with Crippen LogP contribution in [0.5, 0.6) is 0 Å². The summed E-state index contributed by atoms with van der Waals surface area (Å²) < 4.78 is 0. The van der Waals surface area contributed by atoms with Gasteiger partial charge < -0.3 is 10.2 Å². The first kappa shape index (κ1) is 25.6. The average molecular weight is 489 g/mol. The third-order valence-electron chi connectivity index (χ3n) is 6.33. The molecule has 2 aromatic rings. The van der Waals surface area contributed by atoms with Crippen molar-refractivity contribution in [2.24, 2.45) is 0 Å². The summed E-state index contributed by atoms with van der Waals surface area (Å²) in [4.78, 5) is 28.6. The molecule has 1 aliphatic rings. The molecule has 1 N–H and O–H groups in total. The number of halogens is 2. The lowest BCUT2D eigenvalue weighted by molar-refractivity contribution is -0.141. The summed E-state index contributed by atoms with van der Waals surface area (Å²) in [6.07, 6.45) is 6.26. The van der Waals surface area contributed by atoms with Crippen molar-refractivity contribution in [2.45, 2.75) is 84.3 Å². The highest BCUT2D eigenvalue weighted by atomic mass is 35.5. The van der Waals surface area contributed by atoms with Crippen molar-refractivity contribution in [1.82, 2.24) is 10.2 Å². The first-order valence-corrected chi connectivity index (χ1v) is 12.6. The Balaban J connectivity index is 1.86. The molecule has 6 heteroatoms. The van der Waals surface area contributed by atoms with Gasteiger partial charge in [-0.05, 0) is 56.4 Å². The lowest BCUT2D eigenvalue weighted by Crippen LogP contribution is -2.52. The number of amides is 2. The molecular weight excluding hydrogens is 455 g/mol. The summed E-state index contributed by atoms with van der Waals surface area (Å²) in [6, 6.07) is 11.0. The van der Waals surface area contributed by atoms with E-state index in [2.05, 4.69) is 11.4 Å². The van der Waals surface area contributed by atoms with Crippen LogP contribution in [0.2, 0.25) is 10.0 Å². The third-order valence-corrected chi connectivity index (χ3v) is 6.92. The molecule has 3 rings (SSSR count). The van der Waals surface area contributed by atoms with E-state index in [9.17, 15) is 9.59 Å². The quantitative estimate of drug-likeness (QED) is 0.466. The van der Waals surface area contributed by atoms with Crippen molar-refractivity contribution in [3.8, 4) is 0 Å². The number of nitrogens with one attached hydrogen (secondary N) is 1. The molecule has 0 bridgehead atoms. The first-order valence-electron chi connectivity index (χ1n) is 11.9. The van der Waals surface area contributed by atoms with Crippen molar-refractivity contribution in [2.75, 3.05) is 0 Å². The number of hydrogen-bond acceptors (Lipinski definition) is 2. The molecule has 0 heterocycles. The molecule has 0 spiro atoms. The summed E-state index contributed by atoms with van der Waals surface area (Å²) in [5.74, 6) is -0.167. The van der Waals surface area contributed by atoms with Crippen molar-refractivity contribution < 1.29 is 9.59 Å². The number of rotatable bonds is 8. The first-order chi connectivity index (χ1) is 15.8. The number of hydrogen-bond donors (Lipinski definition) is 1. The Hall–Kier alpha value is -2.04. The summed E-state index contributed by atoms with van der Waals surface area (Å²) >= 11 is 12.5. The van der Waals surface area contributed by atoms with Crippen molar-refractivity contribution >= 4 is 35.0 Å².